The minimum absolute atomic E-state index is 0.0259. The molecule has 0 aliphatic rings. The van der Waals surface area contributed by atoms with E-state index < -0.39 is 10.0 Å². The number of H-pyrrole nitrogens is 1. The Morgan fingerprint density at radius 3 is 2.79 bits per heavy atom. The van der Waals surface area contributed by atoms with E-state index >= 15 is 0 Å². The predicted molar refractivity (Wildman–Crippen MR) is 73.1 cm³/mol. The van der Waals surface area contributed by atoms with Gasteiger partial charge in [0, 0.05) is 18.6 Å². The van der Waals surface area contributed by atoms with Crippen LogP contribution in [0.25, 0.3) is 0 Å². The zero-order valence-electron chi connectivity index (χ0n) is 10.2. The summed E-state index contributed by atoms with van der Waals surface area (Å²) < 4.78 is 25.7. The molecule has 19 heavy (non-hydrogen) atoms. The number of hydrogen-bond acceptors (Lipinski definition) is 4. The molecule has 2 aromatic rings. The zero-order valence-corrected chi connectivity index (χ0v) is 11.7. The molecule has 3 N–H and O–H groups in total. The van der Waals surface area contributed by atoms with E-state index in [1.54, 1.807) is 24.3 Å². The third-order valence-electron chi connectivity index (χ3n) is 2.61. The SMILES string of the molecule is CN(Cc1cccc(Cl)c1)S(=O)(=O)c1cn[nH]c1N. The monoisotopic (exact) mass is 300 g/mol. The van der Waals surface area contributed by atoms with E-state index in [9.17, 15) is 8.42 Å². The molecule has 0 spiro atoms. The van der Waals surface area contributed by atoms with Gasteiger partial charge in [-0.15, -0.1) is 0 Å². The van der Waals surface area contributed by atoms with Crippen LogP contribution in [0.3, 0.4) is 0 Å². The van der Waals surface area contributed by atoms with Gasteiger partial charge >= 0.3 is 0 Å². The van der Waals surface area contributed by atoms with Crippen LogP contribution >= 0.6 is 11.6 Å². The number of nitrogens with one attached hydrogen (secondary N) is 1. The van der Waals surface area contributed by atoms with Crippen molar-refractivity contribution in [3.8, 4) is 0 Å². The Balaban J connectivity index is 2.25. The van der Waals surface area contributed by atoms with Crippen LogP contribution in [0, 0.1) is 0 Å². The van der Waals surface area contributed by atoms with Crippen molar-refractivity contribution in [1.29, 1.82) is 0 Å². The highest BCUT2D eigenvalue weighted by Gasteiger charge is 2.24. The van der Waals surface area contributed by atoms with Gasteiger partial charge in [0.1, 0.15) is 10.7 Å². The summed E-state index contributed by atoms with van der Waals surface area (Å²) in [6.45, 7) is 0.202. The molecule has 102 valence electrons. The van der Waals surface area contributed by atoms with Gasteiger partial charge in [-0.3, -0.25) is 5.10 Å². The molecular formula is C11H13ClN4O2S. The Labute approximate surface area is 116 Å². The largest absolute Gasteiger partial charge is 0.383 e. The third-order valence-corrected chi connectivity index (χ3v) is 4.68. The van der Waals surface area contributed by atoms with Crippen molar-refractivity contribution >= 4 is 27.4 Å². The van der Waals surface area contributed by atoms with Gasteiger partial charge in [0.25, 0.3) is 0 Å². The van der Waals surface area contributed by atoms with E-state index in [0.717, 1.165) is 5.56 Å². The lowest BCUT2D eigenvalue weighted by atomic mass is 10.2. The summed E-state index contributed by atoms with van der Waals surface area (Å²) in [6.07, 6.45) is 1.19. The molecule has 0 atom stereocenters. The maximum absolute atomic E-state index is 12.3. The van der Waals surface area contributed by atoms with E-state index in [1.165, 1.54) is 17.5 Å². The van der Waals surface area contributed by atoms with Crippen molar-refractivity contribution in [2.24, 2.45) is 0 Å². The summed E-state index contributed by atoms with van der Waals surface area (Å²) >= 11 is 5.86. The standard InChI is InChI=1S/C11H13ClN4O2S/c1-16(7-8-3-2-4-9(12)5-8)19(17,18)10-6-14-15-11(10)13/h2-6H,7H2,1H3,(H3,13,14,15). The number of nitrogens with zero attached hydrogens (tertiary/aromatic N) is 2. The number of aromatic amines is 1. The number of benzene rings is 1. The number of nitrogens with two attached hydrogens (primary N) is 1. The molecule has 1 aromatic heterocycles. The highest BCUT2D eigenvalue weighted by Crippen LogP contribution is 2.21. The molecule has 0 fully saturated rings. The lowest BCUT2D eigenvalue weighted by molar-refractivity contribution is 0.467. The van der Waals surface area contributed by atoms with Crippen molar-refractivity contribution < 1.29 is 8.42 Å². The van der Waals surface area contributed by atoms with Gasteiger partial charge in [0.2, 0.25) is 10.0 Å². The highest BCUT2D eigenvalue weighted by atomic mass is 35.5. The van der Waals surface area contributed by atoms with Crippen LogP contribution in [-0.2, 0) is 16.6 Å². The number of halogens is 1. The van der Waals surface area contributed by atoms with E-state index in [4.69, 9.17) is 17.3 Å². The molecule has 1 heterocycles. The normalized spacial score (nSPS) is 11.9. The average molecular weight is 301 g/mol. The Bertz CT molecular complexity index is 684. The maximum Gasteiger partial charge on any atom is 0.248 e. The fourth-order valence-electron chi connectivity index (χ4n) is 1.64. The number of nitrogen functional groups attached to an aromatic ring is 1. The lowest BCUT2D eigenvalue weighted by Crippen LogP contribution is -2.26. The second-order valence-electron chi connectivity index (χ2n) is 4.04. The molecule has 0 saturated carbocycles. The Hall–Kier alpha value is -1.57. The maximum atomic E-state index is 12.3. The van der Waals surface area contributed by atoms with Crippen molar-refractivity contribution in [2.45, 2.75) is 11.4 Å². The number of rotatable bonds is 4. The minimum atomic E-state index is -3.67. The van der Waals surface area contributed by atoms with Gasteiger partial charge in [-0.05, 0) is 17.7 Å². The van der Waals surface area contributed by atoms with E-state index in [0.29, 0.717) is 5.02 Å². The molecule has 0 bridgehead atoms. The molecule has 0 amide bonds. The summed E-state index contributed by atoms with van der Waals surface area (Å²) in [6, 6.07) is 7.01. The van der Waals surface area contributed by atoms with Gasteiger partial charge in [-0.2, -0.15) is 9.40 Å². The molecular weight excluding hydrogens is 288 g/mol. The molecule has 8 heteroatoms. The quantitative estimate of drug-likeness (QED) is 0.894. The van der Waals surface area contributed by atoms with Crippen molar-refractivity contribution in [1.82, 2.24) is 14.5 Å². The van der Waals surface area contributed by atoms with Gasteiger partial charge in [-0.25, -0.2) is 8.42 Å². The molecule has 0 aliphatic carbocycles. The van der Waals surface area contributed by atoms with Gasteiger partial charge in [-0.1, -0.05) is 23.7 Å². The molecule has 1 aromatic carbocycles. The van der Waals surface area contributed by atoms with Gasteiger partial charge < -0.3 is 5.73 Å². The molecule has 6 nitrogen and oxygen atoms in total. The topological polar surface area (TPSA) is 92.1 Å². The van der Waals surface area contributed by atoms with E-state index in [1.807, 2.05) is 0 Å². The first kappa shape index (κ1) is 13.9. The van der Waals surface area contributed by atoms with E-state index in [-0.39, 0.29) is 17.3 Å². The molecule has 0 aliphatic heterocycles. The summed E-state index contributed by atoms with van der Waals surface area (Å²) in [5.41, 5.74) is 6.33. The van der Waals surface area contributed by atoms with Crippen LogP contribution in [0.5, 0.6) is 0 Å². The number of anilines is 1. The van der Waals surface area contributed by atoms with Crippen molar-refractivity contribution in [3.05, 3.63) is 41.0 Å². The Morgan fingerprint density at radius 1 is 1.47 bits per heavy atom. The summed E-state index contributed by atoms with van der Waals surface area (Å²) in [5, 5.41) is 6.58. The summed E-state index contributed by atoms with van der Waals surface area (Å²) in [4.78, 5) is -0.0305. The number of sulfonamides is 1. The summed E-state index contributed by atoms with van der Waals surface area (Å²) in [5.74, 6) is 0.0259. The van der Waals surface area contributed by atoms with Crippen LogP contribution in [0.1, 0.15) is 5.56 Å². The third kappa shape index (κ3) is 2.89. The van der Waals surface area contributed by atoms with E-state index in [2.05, 4.69) is 10.2 Å². The lowest BCUT2D eigenvalue weighted by Gasteiger charge is -2.16. The first-order valence-electron chi connectivity index (χ1n) is 5.41. The van der Waals surface area contributed by atoms with Gasteiger partial charge in [0.05, 0.1) is 6.20 Å². The Kier molecular flexibility index (Phi) is 3.79. The first-order valence-corrected chi connectivity index (χ1v) is 7.22. The average Bonchev–Trinajstić information content (AvgIpc) is 2.76. The summed E-state index contributed by atoms with van der Waals surface area (Å²) in [7, 11) is -2.19. The zero-order chi connectivity index (χ0) is 14.0. The molecule has 0 saturated heterocycles. The molecule has 0 unspecified atom stereocenters. The first-order chi connectivity index (χ1) is 8.91. The number of hydrogen-bond donors (Lipinski definition) is 2. The fourth-order valence-corrected chi connectivity index (χ4v) is 3.01. The van der Waals surface area contributed by atoms with Crippen LogP contribution in [0.2, 0.25) is 5.02 Å². The van der Waals surface area contributed by atoms with Crippen LogP contribution in [0.15, 0.2) is 35.4 Å². The predicted octanol–water partition coefficient (Wildman–Crippen LogP) is 1.47. The second kappa shape index (κ2) is 5.20. The fraction of sp³-hybridized carbons (Fsp3) is 0.182. The number of aromatic nitrogens is 2. The second-order valence-corrected chi connectivity index (χ2v) is 6.49. The highest BCUT2D eigenvalue weighted by molar-refractivity contribution is 7.89. The minimum Gasteiger partial charge on any atom is -0.383 e. The van der Waals surface area contributed by atoms with Crippen LogP contribution in [0.4, 0.5) is 5.82 Å². The van der Waals surface area contributed by atoms with Crippen LogP contribution in [-0.4, -0.2) is 30.0 Å². The van der Waals surface area contributed by atoms with Crippen LogP contribution < -0.4 is 5.73 Å². The Morgan fingerprint density at radius 2 is 2.21 bits per heavy atom. The van der Waals surface area contributed by atoms with Crippen molar-refractivity contribution in [2.75, 3.05) is 12.8 Å². The van der Waals surface area contributed by atoms with Crippen molar-refractivity contribution in [3.63, 3.8) is 0 Å². The smallest absolute Gasteiger partial charge is 0.248 e. The molecule has 0 radical (unpaired) electrons. The molecule has 2 rings (SSSR count). The van der Waals surface area contributed by atoms with Gasteiger partial charge in [0.15, 0.2) is 0 Å².